The first kappa shape index (κ1) is 14.3. The minimum atomic E-state index is 0.513. The van der Waals surface area contributed by atoms with Gasteiger partial charge >= 0.3 is 0 Å². The van der Waals surface area contributed by atoms with Crippen LogP contribution in [0, 0.1) is 0 Å². The first-order valence-corrected chi connectivity index (χ1v) is 7.52. The molecule has 0 heterocycles. The standard InChI is InChI=1S/C15H29NO2/c1-16(12-4-8-14(17-2)9-5-12)13-6-10-15(18-3)11-7-13/h12-15H,4-11H2,1-3H3. The van der Waals surface area contributed by atoms with Crippen molar-refractivity contribution in [3.05, 3.63) is 0 Å². The number of ether oxygens (including phenoxy) is 2. The summed E-state index contributed by atoms with van der Waals surface area (Å²) >= 11 is 0. The third-order valence-electron chi connectivity index (χ3n) is 5.11. The van der Waals surface area contributed by atoms with E-state index in [1.807, 2.05) is 14.2 Å². The van der Waals surface area contributed by atoms with Crippen molar-refractivity contribution in [1.82, 2.24) is 4.90 Å². The zero-order valence-electron chi connectivity index (χ0n) is 12.2. The van der Waals surface area contributed by atoms with Crippen molar-refractivity contribution in [3.63, 3.8) is 0 Å². The largest absolute Gasteiger partial charge is 0.381 e. The van der Waals surface area contributed by atoms with Gasteiger partial charge in [-0.1, -0.05) is 0 Å². The zero-order valence-corrected chi connectivity index (χ0v) is 12.2. The highest BCUT2D eigenvalue weighted by Gasteiger charge is 2.30. The summed E-state index contributed by atoms with van der Waals surface area (Å²) in [4.78, 5) is 2.65. The van der Waals surface area contributed by atoms with E-state index in [2.05, 4.69) is 11.9 Å². The molecule has 2 aliphatic carbocycles. The Morgan fingerprint density at radius 3 is 1.28 bits per heavy atom. The highest BCUT2D eigenvalue weighted by atomic mass is 16.5. The molecule has 0 aromatic carbocycles. The van der Waals surface area contributed by atoms with Crippen molar-refractivity contribution in [2.24, 2.45) is 0 Å². The van der Waals surface area contributed by atoms with E-state index in [0.29, 0.717) is 12.2 Å². The summed E-state index contributed by atoms with van der Waals surface area (Å²) in [7, 11) is 6.02. The highest BCUT2D eigenvalue weighted by molar-refractivity contribution is 4.85. The van der Waals surface area contributed by atoms with Crippen LogP contribution in [0.1, 0.15) is 51.4 Å². The fraction of sp³-hybridized carbons (Fsp3) is 1.00. The quantitative estimate of drug-likeness (QED) is 0.771. The molecular formula is C15H29NO2. The molecule has 2 saturated carbocycles. The predicted molar refractivity (Wildman–Crippen MR) is 73.9 cm³/mol. The lowest BCUT2D eigenvalue weighted by Crippen LogP contribution is -2.45. The number of rotatable bonds is 4. The van der Waals surface area contributed by atoms with Gasteiger partial charge in [-0.25, -0.2) is 0 Å². The molecule has 2 fully saturated rings. The van der Waals surface area contributed by atoms with Crippen LogP contribution in [0.2, 0.25) is 0 Å². The van der Waals surface area contributed by atoms with E-state index in [-0.39, 0.29) is 0 Å². The summed E-state index contributed by atoms with van der Waals surface area (Å²) < 4.78 is 10.9. The maximum atomic E-state index is 5.46. The van der Waals surface area contributed by atoms with Gasteiger partial charge in [0.05, 0.1) is 12.2 Å². The molecule has 106 valence electrons. The monoisotopic (exact) mass is 255 g/mol. The third kappa shape index (κ3) is 3.46. The van der Waals surface area contributed by atoms with E-state index in [0.717, 1.165) is 12.1 Å². The molecule has 0 atom stereocenters. The minimum Gasteiger partial charge on any atom is -0.381 e. The Kier molecular flexibility index (Phi) is 5.46. The van der Waals surface area contributed by atoms with Gasteiger partial charge in [-0.3, -0.25) is 0 Å². The Labute approximate surface area is 112 Å². The Morgan fingerprint density at radius 1 is 0.667 bits per heavy atom. The molecule has 2 rings (SSSR count). The van der Waals surface area contributed by atoms with Gasteiger partial charge in [0.15, 0.2) is 0 Å². The first-order valence-electron chi connectivity index (χ1n) is 7.52. The van der Waals surface area contributed by atoms with Crippen molar-refractivity contribution in [3.8, 4) is 0 Å². The minimum absolute atomic E-state index is 0.513. The summed E-state index contributed by atoms with van der Waals surface area (Å²) in [6.07, 6.45) is 11.2. The smallest absolute Gasteiger partial charge is 0.0572 e. The molecule has 0 aliphatic heterocycles. The van der Waals surface area contributed by atoms with Gasteiger partial charge in [-0.2, -0.15) is 0 Å². The SMILES string of the molecule is COC1CCC(N(C)C2CCC(OC)CC2)CC1. The fourth-order valence-electron chi connectivity index (χ4n) is 3.67. The van der Waals surface area contributed by atoms with Crippen LogP contribution in [-0.2, 0) is 9.47 Å². The summed E-state index contributed by atoms with van der Waals surface area (Å²) in [5.74, 6) is 0. The van der Waals surface area contributed by atoms with Crippen LogP contribution < -0.4 is 0 Å². The zero-order chi connectivity index (χ0) is 13.0. The number of hydrogen-bond acceptors (Lipinski definition) is 3. The van der Waals surface area contributed by atoms with Crippen molar-refractivity contribution < 1.29 is 9.47 Å². The van der Waals surface area contributed by atoms with Gasteiger partial charge in [0.1, 0.15) is 0 Å². The van der Waals surface area contributed by atoms with Crippen LogP contribution in [0.25, 0.3) is 0 Å². The van der Waals surface area contributed by atoms with Crippen LogP contribution >= 0.6 is 0 Å². The summed E-state index contributed by atoms with van der Waals surface area (Å²) in [5, 5.41) is 0. The summed E-state index contributed by atoms with van der Waals surface area (Å²) in [6, 6.07) is 1.56. The van der Waals surface area contributed by atoms with Gasteiger partial charge in [0.25, 0.3) is 0 Å². The number of nitrogens with zero attached hydrogens (tertiary/aromatic N) is 1. The average Bonchev–Trinajstić information content (AvgIpc) is 2.47. The van der Waals surface area contributed by atoms with Gasteiger partial charge < -0.3 is 14.4 Å². The molecule has 0 spiro atoms. The normalized spacial score (nSPS) is 38.0. The van der Waals surface area contributed by atoms with Gasteiger partial charge in [-0.15, -0.1) is 0 Å². The van der Waals surface area contributed by atoms with Gasteiger partial charge in [-0.05, 0) is 58.4 Å². The van der Waals surface area contributed by atoms with E-state index in [9.17, 15) is 0 Å². The van der Waals surface area contributed by atoms with Crippen molar-refractivity contribution in [2.75, 3.05) is 21.3 Å². The second-order valence-corrected chi connectivity index (χ2v) is 6.00. The molecule has 0 unspecified atom stereocenters. The molecule has 18 heavy (non-hydrogen) atoms. The average molecular weight is 255 g/mol. The van der Waals surface area contributed by atoms with Gasteiger partial charge in [0.2, 0.25) is 0 Å². The van der Waals surface area contributed by atoms with Crippen LogP contribution in [0.5, 0.6) is 0 Å². The van der Waals surface area contributed by atoms with E-state index in [1.54, 1.807) is 0 Å². The summed E-state index contributed by atoms with van der Waals surface area (Å²) in [5.41, 5.74) is 0. The first-order chi connectivity index (χ1) is 8.74. The second-order valence-electron chi connectivity index (χ2n) is 6.00. The van der Waals surface area contributed by atoms with Crippen LogP contribution in [0.15, 0.2) is 0 Å². The third-order valence-corrected chi connectivity index (χ3v) is 5.11. The highest BCUT2D eigenvalue weighted by Crippen LogP contribution is 2.30. The molecule has 0 aromatic rings. The van der Waals surface area contributed by atoms with Crippen LogP contribution in [0.3, 0.4) is 0 Å². The van der Waals surface area contributed by atoms with Gasteiger partial charge in [0, 0.05) is 26.3 Å². The molecular weight excluding hydrogens is 226 g/mol. The Bertz CT molecular complexity index is 207. The lowest BCUT2D eigenvalue weighted by molar-refractivity contribution is 0.00952. The van der Waals surface area contributed by atoms with E-state index >= 15 is 0 Å². The molecule has 3 nitrogen and oxygen atoms in total. The lowest BCUT2D eigenvalue weighted by atomic mass is 9.87. The van der Waals surface area contributed by atoms with E-state index < -0.39 is 0 Å². The summed E-state index contributed by atoms with van der Waals surface area (Å²) in [6.45, 7) is 0. The molecule has 0 saturated heterocycles. The topological polar surface area (TPSA) is 21.7 Å². The van der Waals surface area contributed by atoms with Crippen molar-refractivity contribution in [1.29, 1.82) is 0 Å². The Hall–Kier alpha value is -0.120. The number of hydrogen-bond donors (Lipinski definition) is 0. The molecule has 0 radical (unpaired) electrons. The van der Waals surface area contributed by atoms with E-state index in [1.165, 1.54) is 51.4 Å². The van der Waals surface area contributed by atoms with E-state index in [4.69, 9.17) is 9.47 Å². The van der Waals surface area contributed by atoms with Crippen LogP contribution in [-0.4, -0.2) is 50.5 Å². The molecule has 3 heteroatoms. The fourth-order valence-corrected chi connectivity index (χ4v) is 3.67. The maximum absolute atomic E-state index is 5.46. The van der Waals surface area contributed by atoms with Crippen molar-refractivity contribution in [2.45, 2.75) is 75.7 Å². The Morgan fingerprint density at radius 2 is 1.00 bits per heavy atom. The lowest BCUT2D eigenvalue weighted by Gasteiger charge is -2.41. The molecule has 0 bridgehead atoms. The molecule has 0 N–H and O–H groups in total. The van der Waals surface area contributed by atoms with Crippen LogP contribution in [0.4, 0.5) is 0 Å². The maximum Gasteiger partial charge on any atom is 0.0572 e. The second kappa shape index (κ2) is 6.88. The molecule has 0 aromatic heterocycles. The van der Waals surface area contributed by atoms with Crippen molar-refractivity contribution >= 4 is 0 Å². The Balaban J connectivity index is 1.76. The predicted octanol–water partition coefficient (Wildman–Crippen LogP) is 2.83. The molecule has 2 aliphatic rings. The molecule has 0 amide bonds. The number of methoxy groups -OCH3 is 2.